The Balaban J connectivity index is 1.98. The molecule has 1 aromatic carbocycles. The molecule has 0 radical (unpaired) electrons. The van der Waals surface area contributed by atoms with Crippen LogP contribution in [0.1, 0.15) is 30.8 Å². The minimum Gasteiger partial charge on any atom is -0.281 e. The zero-order chi connectivity index (χ0) is 18.1. The molecular weight excluding hydrogens is 312 g/mol. The Hall–Kier alpha value is -2.73. The van der Waals surface area contributed by atoms with Crippen LogP contribution < -0.4 is 15.3 Å². The second kappa shape index (κ2) is 9.54. The molecule has 0 aliphatic carbocycles. The lowest BCUT2D eigenvalue weighted by atomic mass is 10.1. The van der Waals surface area contributed by atoms with Gasteiger partial charge in [-0.15, -0.1) is 0 Å². The average Bonchev–Trinajstić information content (AvgIpc) is 2.93. The van der Waals surface area contributed by atoms with Crippen molar-refractivity contribution in [3.8, 4) is 0 Å². The van der Waals surface area contributed by atoms with Crippen molar-refractivity contribution in [3.05, 3.63) is 53.6 Å². The highest BCUT2D eigenvalue weighted by molar-refractivity contribution is 5.81. The molecule has 0 unspecified atom stereocenters. The van der Waals surface area contributed by atoms with Gasteiger partial charge in [-0.05, 0) is 31.1 Å². The number of aryl methyl sites for hydroxylation is 2. The number of hydrazone groups is 1. The zero-order valence-corrected chi connectivity index (χ0v) is 15.5. The SMILES string of the molecule is CCN=C(NN=Cc1ccc(C=Cc2n(C)cc[n+]2C)cc1)[NH2+]CC. The maximum atomic E-state index is 4.35. The summed E-state index contributed by atoms with van der Waals surface area (Å²) in [6.45, 7) is 5.77. The number of nitrogens with two attached hydrogens (primary N) is 1. The Morgan fingerprint density at radius 1 is 1.20 bits per heavy atom. The van der Waals surface area contributed by atoms with Crippen molar-refractivity contribution >= 4 is 24.3 Å². The van der Waals surface area contributed by atoms with Crippen LogP contribution in [-0.4, -0.2) is 29.8 Å². The fraction of sp³-hybridized carbons (Fsp3) is 0.316. The molecule has 0 bridgehead atoms. The minimum atomic E-state index is 0.744. The summed E-state index contributed by atoms with van der Waals surface area (Å²) in [6, 6.07) is 8.27. The van der Waals surface area contributed by atoms with E-state index >= 15 is 0 Å². The predicted octanol–water partition coefficient (Wildman–Crippen LogP) is 0.903. The molecule has 2 rings (SSSR count). The lowest BCUT2D eigenvalue weighted by Crippen LogP contribution is -2.90. The fourth-order valence-corrected chi connectivity index (χ4v) is 2.38. The quantitative estimate of drug-likeness (QED) is 0.349. The van der Waals surface area contributed by atoms with Gasteiger partial charge in [-0.25, -0.2) is 19.6 Å². The third kappa shape index (κ3) is 5.69. The Kier molecular flexibility index (Phi) is 7.10. The van der Waals surface area contributed by atoms with Crippen LogP contribution in [0.3, 0.4) is 0 Å². The largest absolute Gasteiger partial charge is 0.314 e. The first-order valence-corrected chi connectivity index (χ1v) is 8.59. The lowest BCUT2D eigenvalue weighted by Gasteiger charge is -2.01. The third-order valence-electron chi connectivity index (χ3n) is 3.72. The maximum absolute atomic E-state index is 4.35. The van der Waals surface area contributed by atoms with Gasteiger partial charge < -0.3 is 0 Å². The molecule has 6 heteroatoms. The summed E-state index contributed by atoms with van der Waals surface area (Å²) in [7, 11) is 4.08. The van der Waals surface area contributed by atoms with Crippen molar-refractivity contribution in [2.24, 2.45) is 24.2 Å². The second-order valence-electron chi connectivity index (χ2n) is 5.72. The van der Waals surface area contributed by atoms with Crippen LogP contribution in [0.5, 0.6) is 0 Å². The first kappa shape index (κ1) is 18.6. The summed E-state index contributed by atoms with van der Waals surface area (Å²) < 4.78 is 4.18. The number of aromatic nitrogens is 2. The van der Waals surface area contributed by atoms with E-state index in [1.165, 1.54) is 0 Å². The summed E-state index contributed by atoms with van der Waals surface area (Å²) in [5.41, 5.74) is 5.18. The Bertz CT molecular complexity index is 733. The van der Waals surface area contributed by atoms with Crippen molar-refractivity contribution in [1.82, 2.24) is 9.99 Å². The number of guanidine groups is 1. The number of nitrogens with zero attached hydrogens (tertiary/aromatic N) is 4. The summed E-state index contributed by atoms with van der Waals surface area (Å²) >= 11 is 0. The van der Waals surface area contributed by atoms with Gasteiger partial charge in [0, 0.05) is 12.6 Å². The number of rotatable bonds is 6. The summed E-state index contributed by atoms with van der Waals surface area (Å²) in [6.07, 6.45) is 10.1. The first-order valence-electron chi connectivity index (χ1n) is 8.59. The second-order valence-corrected chi connectivity index (χ2v) is 5.72. The Morgan fingerprint density at radius 2 is 1.92 bits per heavy atom. The number of hydrogen-bond donors (Lipinski definition) is 2. The van der Waals surface area contributed by atoms with E-state index in [4.69, 9.17) is 0 Å². The van der Waals surface area contributed by atoms with E-state index in [1.54, 1.807) is 6.21 Å². The Morgan fingerprint density at radius 3 is 2.52 bits per heavy atom. The fourth-order valence-electron chi connectivity index (χ4n) is 2.38. The summed E-state index contributed by atoms with van der Waals surface area (Å²) in [4.78, 5) is 4.35. The molecule has 0 aliphatic heterocycles. The molecule has 1 aromatic heterocycles. The van der Waals surface area contributed by atoms with Crippen LogP contribution in [0.15, 0.2) is 46.8 Å². The van der Waals surface area contributed by atoms with Crippen molar-refractivity contribution in [2.75, 3.05) is 13.1 Å². The highest BCUT2D eigenvalue weighted by Gasteiger charge is 2.05. The standard InChI is InChI=1S/C19H26N6/c1-5-20-19(21-6-2)23-22-15-17-9-7-16(8-10-17)11-12-18-24(3)13-14-25(18)4/h7-15H,5-6H2,1-4H3,(H,20,21)/p+2. The van der Waals surface area contributed by atoms with E-state index in [1.807, 2.05) is 38.7 Å². The van der Waals surface area contributed by atoms with Gasteiger partial charge in [0.1, 0.15) is 12.4 Å². The molecule has 0 amide bonds. The molecule has 0 saturated heterocycles. The monoisotopic (exact) mass is 340 g/mol. The summed E-state index contributed by atoms with van der Waals surface area (Å²) in [5, 5.41) is 6.28. The van der Waals surface area contributed by atoms with E-state index in [0.29, 0.717) is 0 Å². The van der Waals surface area contributed by atoms with Gasteiger partial charge >= 0.3 is 5.96 Å². The van der Waals surface area contributed by atoms with E-state index in [2.05, 4.69) is 68.0 Å². The van der Waals surface area contributed by atoms with Crippen LogP contribution >= 0.6 is 0 Å². The molecule has 2 aromatic rings. The number of imidazole rings is 1. The Labute approximate surface area is 149 Å². The highest BCUT2D eigenvalue weighted by Crippen LogP contribution is 2.07. The van der Waals surface area contributed by atoms with Crippen molar-refractivity contribution in [1.29, 1.82) is 0 Å². The van der Waals surface area contributed by atoms with Gasteiger partial charge in [0.15, 0.2) is 0 Å². The lowest BCUT2D eigenvalue weighted by molar-refractivity contribution is -0.672. The molecule has 0 saturated carbocycles. The van der Waals surface area contributed by atoms with Crippen LogP contribution in [0.2, 0.25) is 0 Å². The number of benzene rings is 1. The molecule has 3 N–H and O–H groups in total. The van der Waals surface area contributed by atoms with E-state index in [-0.39, 0.29) is 0 Å². The van der Waals surface area contributed by atoms with Crippen LogP contribution in [0, 0.1) is 0 Å². The molecule has 1 heterocycles. The molecule has 0 spiro atoms. The molecule has 0 atom stereocenters. The molecule has 132 valence electrons. The third-order valence-corrected chi connectivity index (χ3v) is 3.72. The molecule has 0 aliphatic rings. The van der Waals surface area contributed by atoms with Crippen LogP contribution in [-0.2, 0) is 14.1 Å². The summed E-state index contributed by atoms with van der Waals surface area (Å²) in [5.74, 6) is 1.96. The van der Waals surface area contributed by atoms with E-state index < -0.39 is 0 Å². The maximum Gasteiger partial charge on any atom is 0.314 e. The minimum absolute atomic E-state index is 0.744. The van der Waals surface area contributed by atoms with Crippen molar-refractivity contribution < 1.29 is 9.88 Å². The van der Waals surface area contributed by atoms with Gasteiger partial charge in [0.25, 0.3) is 5.82 Å². The van der Waals surface area contributed by atoms with E-state index in [0.717, 1.165) is 36.0 Å². The van der Waals surface area contributed by atoms with Crippen molar-refractivity contribution in [3.63, 3.8) is 0 Å². The smallest absolute Gasteiger partial charge is 0.281 e. The number of hydrogen-bond acceptors (Lipinski definition) is 2. The van der Waals surface area contributed by atoms with Gasteiger partial charge in [0.05, 0.1) is 26.9 Å². The normalized spacial score (nSPS) is 12.4. The first-order chi connectivity index (χ1) is 12.1. The van der Waals surface area contributed by atoms with Gasteiger partial charge in [-0.1, -0.05) is 24.3 Å². The predicted molar refractivity (Wildman–Crippen MR) is 103 cm³/mol. The van der Waals surface area contributed by atoms with Crippen LogP contribution in [0.4, 0.5) is 0 Å². The number of quaternary nitrogens is 1. The topological polar surface area (TPSA) is 62.2 Å². The van der Waals surface area contributed by atoms with Crippen molar-refractivity contribution in [2.45, 2.75) is 13.8 Å². The number of nitrogens with one attached hydrogen (secondary N) is 1. The molecule has 6 nitrogen and oxygen atoms in total. The average molecular weight is 340 g/mol. The highest BCUT2D eigenvalue weighted by atomic mass is 15.4. The van der Waals surface area contributed by atoms with Gasteiger partial charge in [-0.2, -0.15) is 5.10 Å². The molecule has 25 heavy (non-hydrogen) atoms. The zero-order valence-electron chi connectivity index (χ0n) is 15.5. The molecular formula is C19H28N6+2. The van der Waals surface area contributed by atoms with Gasteiger partial charge in [0.2, 0.25) is 0 Å². The number of aliphatic imine (C=N–C) groups is 1. The molecule has 0 fully saturated rings. The van der Waals surface area contributed by atoms with Gasteiger partial charge in [-0.3, -0.25) is 5.32 Å². The van der Waals surface area contributed by atoms with E-state index in [9.17, 15) is 0 Å². The van der Waals surface area contributed by atoms with Crippen LogP contribution in [0.25, 0.3) is 12.2 Å².